The van der Waals surface area contributed by atoms with Crippen molar-refractivity contribution >= 4 is 23.2 Å². The molecular formula is C14H20ClN3O. The van der Waals surface area contributed by atoms with Crippen LogP contribution in [0, 0.1) is 0 Å². The molecule has 1 amide bonds. The highest BCUT2D eigenvalue weighted by molar-refractivity contribution is 6.31. The maximum Gasteiger partial charge on any atom is 0.248 e. The quantitative estimate of drug-likeness (QED) is 0.898. The number of nitrogens with two attached hydrogens (primary N) is 1. The Morgan fingerprint density at radius 3 is 2.68 bits per heavy atom. The number of carbonyl (C=O) groups excluding carboxylic acids is 1. The molecule has 0 aromatic heterocycles. The molecule has 5 heteroatoms. The van der Waals surface area contributed by atoms with Crippen LogP contribution in [0.15, 0.2) is 18.2 Å². The Hall–Kier alpha value is -1.10. The highest BCUT2D eigenvalue weighted by Gasteiger charge is 2.34. The number of hydrogen-bond acceptors (Lipinski definition) is 3. The van der Waals surface area contributed by atoms with E-state index in [-0.39, 0.29) is 5.91 Å². The van der Waals surface area contributed by atoms with Crippen LogP contribution in [0.25, 0.3) is 0 Å². The second-order valence-corrected chi connectivity index (χ2v) is 5.13. The fourth-order valence-corrected chi connectivity index (χ4v) is 2.63. The molecule has 2 rings (SSSR count). The van der Waals surface area contributed by atoms with E-state index >= 15 is 0 Å². The normalized spacial score (nSPS) is 18.3. The van der Waals surface area contributed by atoms with Gasteiger partial charge in [0, 0.05) is 29.4 Å². The molecule has 0 spiro atoms. The van der Waals surface area contributed by atoms with Gasteiger partial charge in [0.05, 0.1) is 0 Å². The Bertz CT molecular complexity index is 474. The number of likely N-dealkylation sites (N-methyl/N-ethyl adjacent to an activating group) is 1. The zero-order valence-corrected chi connectivity index (χ0v) is 12.2. The average Bonchev–Trinajstić information content (AvgIpc) is 2.64. The van der Waals surface area contributed by atoms with E-state index in [2.05, 4.69) is 18.7 Å². The van der Waals surface area contributed by atoms with Crippen LogP contribution in [0.2, 0.25) is 5.02 Å². The number of halogens is 1. The second kappa shape index (κ2) is 5.90. The van der Waals surface area contributed by atoms with Crippen LogP contribution in [0.1, 0.15) is 25.5 Å². The third-order valence-corrected chi connectivity index (χ3v) is 3.92. The fourth-order valence-electron chi connectivity index (χ4n) is 2.45. The highest BCUT2D eigenvalue weighted by Crippen LogP contribution is 2.35. The number of hydrogen-bond donors (Lipinski definition) is 1. The average molecular weight is 282 g/mol. The first-order chi connectivity index (χ1) is 9.08. The molecule has 1 unspecified atom stereocenters. The first kappa shape index (κ1) is 14.3. The van der Waals surface area contributed by atoms with Gasteiger partial charge in [0.25, 0.3) is 0 Å². The molecule has 2 N–H and O–H groups in total. The van der Waals surface area contributed by atoms with E-state index in [0.29, 0.717) is 11.6 Å². The van der Waals surface area contributed by atoms with Crippen LogP contribution in [0.3, 0.4) is 0 Å². The first-order valence-electron chi connectivity index (χ1n) is 6.67. The van der Waals surface area contributed by atoms with E-state index in [1.54, 1.807) is 17.0 Å². The molecule has 0 bridgehead atoms. The standard InChI is InChI=1S/C14H20ClN3O/c1-3-17(4-2)7-8-18-12-6-5-10(15)9-11(12)13(16)14(18)19/h5-6,9,13H,3-4,7-8,16H2,1-2H3. The van der Waals surface area contributed by atoms with Crippen molar-refractivity contribution in [1.29, 1.82) is 0 Å². The van der Waals surface area contributed by atoms with Crippen molar-refractivity contribution in [1.82, 2.24) is 4.90 Å². The Morgan fingerprint density at radius 2 is 2.05 bits per heavy atom. The molecular weight excluding hydrogens is 262 g/mol. The SMILES string of the molecule is CCN(CC)CCN1C(=O)C(N)c2cc(Cl)ccc21. The van der Waals surface area contributed by atoms with E-state index < -0.39 is 6.04 Å². The summed E-state index contributed by atoms with van der Waals surface area (Å²) in [4.78, 5) is 16.3. The van der Waals surface area contributed by atoms with Gasteiger partial charge in [0.2, 0.25) is 5.91 Å². The number of amides is 1. The molecule has 0 fully saturated rings. The van der Waals surface area contributed by atoms with Crippen molar-refractivity contribution < 1.29 is 4.79 Å². The van der Waals surface area contributed by atoms with Crippen molar-refractivity contribution in [3.05, 3.63) is 28.8 Å². The van der Waals surface area contributed by atoms with Gasteiger partial charge in [-0.2, -0.15) is 0 Å². The van der Waals surface area contributed by atoms with E-state index in [0.717, 1.165) is 30.9 Å². The smallest absolute Gasteiger partial charge is 0.248 e. The van der Waals surface area contributed by atoms with Gasteiger partial charge in [-0.25, -0.2) is 0 Å². The largest absolute Gasteiger partial charge is 0.316 e. The zero-order chi connectivity index (χ0) is 14.0. The lowest BCUT2D eigenvalue weighted by Gasteiger charge is -2.23. The minimum absolute atomic E-state index is 0.0376. The molecule has 1 aromatic carbocycles. The van der Waals surface area contributed by atoms with Gasteiger partial charge >= 0.3 is 0 Å². The molecule has 104 valence electrons. The summed E-state index contributed by atoms with van der Waals surface area (Å²) >= 11 is 5.96. The van der Waals surface area contributed by atoms with Crippen LogP contribution in [-0.4, -0.2) is 37.0 Å². The van der Waals surface area contributed by atoms with E-state index in [1.165, 1.54) is 0 Å². The lowest BCUT2D eigenvalue weighted by molar-refractivity contribution is -0.119. The molecule has 19 heavy (non-hydrogen) atoms. The lowest BCUT2D eigenvalue weighted by Crippen LogP contribution is -2.38. The lowest BCUT2D eigenvalue weighted by atomic mass is 10.1. The number of carbonyl (C=O) groups is 1. The third kappa shape index (κ3) is 2.76. The molecule has 1 aliphatic heterocycles. The van der Waals surface area contributed by atoms with Gasteiger partial charge < -0.3 is 15.5 Å². The number of rotatable bonds is 5. The monoisotopic (exact) mass is 281 g/mol. The summed E-state index contributed by atoms with van der Waals surface area (Å²) in [7, 11) is 0. The summed E-state index contributed by atoms with van der Waals surface area (Å²) in [5.41, 5.74) is 7.68. The minimum atomic E-state index is -0.578. The first-order valence-corrected chi connectivity index (χ1v) is 7.05. The Labute approximate surface area is 119 Å². The zero-order valence-electron chi connectivity index (χ0n) is 11.4. The predicted octanol–water partition coefficient (Wildman–Crippen LogP) is 2.03. The fraction of sp³-hybridized carbons (Fsp3) is 0.500. The number of benzene rings is 1. The van der Waals surface area contributed by atoms with E-state index in [9.17, 15) is 4.79 Å². The summed E-state index contributed by atoms with van der Waals surface area (Å²) in [6, 6.07) is 4.89. The maximum atomic E-state index is 12.2. The van der Waals surface area contributed by atoms with E-state index in [4.69, 9.17) is 17.3 Å². The highest BCUT2D eigenvalue weighted by atomic mass is 35.5. The van der Waals surface area contributed by atoms with Gasteiger partial charge in [0.1, 0.15) is 6.04 Å². The summed E-state index contributed by atoms with van der Waals surface area (Å²) in [5, 5.41) is 0.618. The van der Waals surface area contributed by atoms with Crippen LogP contribution in [0.5, 0.6) is 0 Å². The van der Waals surface area contributed by atoms with Crippen LogP contribution < -0.4 is 10.6 Å². The van der Waals surface area contributed by atoms with Crippen LogP contribution in [0.4, 0.5) is 5.69 Å². The Balaban J connectivity index is 2.17. The molecule has 0 aliphatic carbocycles. The van der Waals surface area contributed by atoms with Gasteiger partial charge in [-0.05, 0) is 31.3 Å². The molecule has 1 aromatic rings. The van der Waals surface area contributed by atoms with Crippen molar-refractivity contribution in [2.24, 2.45) is 5.73 Å². The second-order valence-electron chi connectivity index (χ2n) is 4.70. The number of nitrogens with zero attached hydrogens (tertiary/aromatic N) is 2. The molecule has 0 saturated carbocycles. The van der Waals surface area contributed by atoms with Gasteiger partial charge in [-0.1, -0.05) is 25.4 Å². The molecule has 0 saturated heterocycles. The summed E-state index contributed by atoms with van der Waals surface area (Å²) in [5.74, 6) is -0.0376. The van der Waals surface area contributed by atoms with Crippen molar-refractivity contribution in [3.63, 3.8) is 0 Å². The Kier molecular flexibility index (Phi) is 4.45. The summed E-state index contributed by atoms with van der Waals surface area (Å²) in [6.07, 6.45) is 0. The van der Waals surface area contributed by atoms with Crippen LogP contribution in [-0.2, 0) is 4.79 Å². The molecule has 0 radical (unpaired) electrons. The van der Waals surface area contributed by atoms with Gasteiger partial charge in [-0.15, -0.1) is 0 Å². The summed E-state index contributed by atoms with van der Waals surface area (Å²) < 4.78 is 0. The van der Waals surface area contributed by atoms with Crippen molar-refractivity contribution in [2.75, 3.05) is 31.1 Å². The molecule has 1 heterocycles. The van der Waals surface area contributed by atoms with E-state index in [1.807, 2.05) is 6.07 Å². The van der Waals surface area contributed by atoms with Crippen molar-refractivity contribution in [2.45, 2.75) is 19.9 Å². The maximum absolute atomic E-state index is 12.2. The molecule has 1 aliphatic rings. The third-order valence-electron chi connectivity index (χ3n) is 3.68. The number of fused-ring (bicyclic) bond motifs is 1. The van der Waals surface area contributed by atoms with Gasteiger partial charge in [0.15, 0.2) is 0 Å². The molecule has 1 atom stereocenters. The topological polar surface area (TPSA) is 49.6 Å². The number of anilines is 1. The minimum Gasteiger partial charge on any atom is -0.316 e. The predicted molar refractivity (Wildman–Crippen MR) is 78.5 cm³/mol. The van der Waals surface area contributed by atoms with Crippen LogP contribution >= 0.6 is 11.6 Å². The van der Waals surface area contributed by atoms with Gasteiger partial charge in [-0.3, -0.25) is 4.79 Å². The Morgan fingerprint density at radius 1 is 1.37 bits per heavy atom. The molecule has 4 nitrogen and oxygen atoms in total. The summed E-state index contributed by atoms with van der Waals surface area (Å²) in [6.45, 7) is 7.73. The van der Waals surface area contributed by atoms with Crippen molar-refractivity contribution in [3.8, 4) is 0 Å².